The Morgan fingerprint density at radius 2 is 2.42 bits per heavy atom. The summed E-state index contributed by atoms with van der Waals surface area (Å²) >= 11 is 1.35. The second kappa shape index (κ2) is 3.82. The zero-order valence-corrected chi connectivity index (χ0v) is 7.38. The highest BCUT2D eigenvalue weighted by molar-refractivity contribution is 7.07. The van der Waals surface area contributed by atoms with E-state index in [1.54, 1.807) is 6.21 Å². The molecule has 0 aliphatic carbocycles. The van der Waals surface area contributed by atoms with Crippen LogP contribution in [0.2, 0.25) is 0 Å². The molecule has 12 heavy (non-hydrogen) atoms. The van der Waals surface area contributed by atoms with Gasteiger partial charge in [0.15, 0.2) is 0 Å². The SMILES string of the molecule is Cc1cc(/C=N/N=C(N)N)sn1. The molecule has 1 aromatic rings. The van der Waals surface area contributed by atoms with E-state index in [2.05, 4.69) is 14.6 Å². The van der Waals surface area contributed by atoms with Crippen LogP contribution in [0.25, 0.3) is 0 Å². The minimum Gasteiger partial charge on any atom is -0.369 e. The summed E-state index contributed by atoms with van der Waals surface area (Å²) in [6.45, 7) is 1.91. The molecular formula is C6H9N5S. The number of hydrogen-bond acceptors (Lipinski definition) is 4. The fourth-order valence-electron chi connectivity index (χ4n) is 0.597. The highest BCUT2D eigenvalue weighted by atomic mass is 32.1. The van der Waals surface area contributed by atoms with Crippen molar-refractivity contribution in [2.75, 3.05) is 0 Å². The Bertz CT molecular complexity index is 309. The molecule has 0 saturated carbocycles. The zero-order chi connectivity index (χ0) is 8.97. The van der Waals surface area contributed by atoms with E-state index in [1.165, 1.54) is 11.5 Å². The largest absolute Gasteiger partial charge is 0.369 e. The first-order valence-electron chi connectivity index (χ1n) is 3.24. The molecule has 0 spiro atoms. The number of hydrogen-bond donors (Lipinski definition) is 2. The third-order valence-corrected chi connectivity index (χ3v) is 1.82. The maximum absolute atomic E-state index is 5.06. The van der Waals surface area contributed by atoms with Crippen LogP contribution in [0.4, 0.5) is 0 Å². The number of aryl methyl sites for hydroxylation is 1. The van der Waals surface area contributed by atoms with Crippen LogP contribution in [0, 0.1) is 6.92 Å². The van der Waals surface area contributed by atoms with Crippen LogP contribution in [0.15, 0.2) is 16.3 Å². The molecule has 0 aliphatic rings. The van der Waals surface area contributed by atoms with E-state index in [0.29, 0.717) is 0 Å². The normalized spacial score (nSPS) is 10.4. The third kappa shape index (κ3) is 2.67. The molecule has 0 saturated heterocycles. The van der Waals surface area contributed by atoms with Crippen LogP contribution in [0.5, 0.6) is 0 Å². The van der Waals surface area contributed by atoms with Gasteiger partial charge < -0.3 is 11.5 Å². The molecule has 1 rings (SSSR count). The molecule has 1 heterocycles. The van der Waals surface area contributed by atoms with Gasteiger partial charge in [0.25, 0.3) is 0 Å². The number of nitrogens with two attached hydrogens (primary N) is 2. The molecular weight excluding hydrogens is 174 g/mol. The van der Waals surface area contributed by atoms with Crippen LogP contribution in [0.1, 0.15) is 10.6 Å². The second-order valence-corrected chi connectivity index (χ2v) is 2.98. The standard InChI is InChI=1S/C6H9N5S/c1-4-2-5(12-11-4)3-9-10-6(7)8/h2-3H,1H3,(H4,7,8,10)/b9-3+. The first-order chi connectivity index (χ1) is 5.68. The molecule has 1 aromatic heterocycles. The van der Waals surface area contributed by atoms with Gasteiger partial charge in [0.1, 0.15) is 0 Å². The lowest BCUT2D eigenvalue weighted by Crippen LogP contribution is -2.21. The van der Waals surface area contributed by atoms with Gasteiger partial charge in [-0.05, 0) is 24.5 Å². The Morgan fingerprint density at radius 3 is 2.92 bits per heavy atom. The van der Waals surface area contributed by atoms with Crippen molar-refractivity contribution in [2.24, 2.45) is 21.7 Å². The third-order valence-electron chi connectivity index (χ3n) is 1.00. The van der Waals surface area contributed by atoms with E-state index < -0.39 is 0 Å². The molecule has 0 radical (unpaired) electrons. The zero-order valence-electron chi connectivity index (χ0n) is 6.56. The van der Waals surface area contributed by atoms with Crippen LogP contribution >= 0.6 is 11.5 Å². The topological polar surface area (TPSA) is 89.6 Å². The van der Waals surface area contributed by atoms with Crippen molar-refractivity contribution in [1.82, 2.24) is 4.37 Å². The summed E-state index contributed by atoms with van der Waals surface area (Å²) in [6.07, 6.45) is 1.56. The van der Waals surface area contributed by atoms with Gasteiger partial charge in [-0.25, -0.2) is 0 Å². The molecule has 0 fully saturated rings. The van der Waals surface area contributed by atoms with Gasteiger partial charge in [0, 0.05) is 0 Å². The number of rotatable bonds is 2. The molecule has 0 bridgehead atoms. The lowest BCUT2D eigenvalue weighted by atomic mass is 10.4. The number of aromatic nitrogens is 1. The average Bonchev–Trinajstić information content (AvgIpc) is 2.35. The maximum atomic E-state index is 5.06. The predicted molar refractivity (Wildman–Crippen MR) is 50.3 cm³/mol. The Labute approximate surface area is 74.0 Å². The summed E-state index contributed by atoms with van der Waals surface area (Å²) in [6, 6.07) is 1.90. The summed E-state index contributed by atoms with van der Waals surface area (Å²) in [5, 5.41) is 7.09. The molecule has 5 nitrogen and oxygen atoms in total. The Balaban J connectivity index is 2.64. The number of nitrogens with zero attached hydrogens (tertiary/aromatic N) is 3. The molecule has 6 heteroatoms. The van der Waals surface area contributed by atoms with Crippen molar-refractivity contribution in [3.8, 4) is 0 Å². The van der Waals surface area contributed by atoms with Crippen LogP contribution < -0.4 is 11.5 Å². The quantitative estimate of drug-likeness (QED) is 0.386. The van der Waals surface area contributed by atoms with Gasteiger partial charge in [-0.3, -0.25) is 0 Å². The molecule has 64 valence electrons. The van der Waals surface area contributed by atoms with Crippen molar-refractivity contribution in [3.05, 3.63) is 16.6 Å². The van der Waals surface area contributed by atoms with Crippen molar-refractivity contribution in [1.29, 1.82) is 0 Å². The fraction of sp³-hybridized carbons (Fsp3) is 0.167. The van der Waals surface area contributed by atoms with Crippen LogP contribution in [0.3, 0.4) is 0 Å². The lowest BCUT2D eigenvalue weighted by molar-refractivity contribution is 1.22. The van der Waals surface area contributed by atoms with E-state index in [0.717, 1.165) is 10.6 Å². The molecule has 0 atom stereocenters. The minimum absolute atomic E-state index is 0.0486. The first kappa shape index (κ1) is 8.66. The molecule has 0 aromatic carbocycles. The summed E-state index contributed by atoms with van der Waals surface area (Å²) < 4.78 is 4.05. The van der Waals surface area contributed by atoms with Gasteiger partial charge in [0.2, 0.25) is 5.96 Å². The smallest absolute Gasteiger partial charge is 0.211 e. The van der Waals surface area contributed by atoms with Gasteiger partial charge in [-0.15, -0.1) is 5.10 Å². The summed E-state index contributed by atoms with van der Waals surface area (Å²) in [5.74, 6) is -0.0486. The predicted octanol–water partition coefficient (Wildman–Crippen LogP) is 0.0588. The molecule has 4 N–H and O–H groups in total. The fourth-order valence-corrected chi connectivity index (χ4v) is 1.22. The van der Waals surface area contributed by atoms with E-state index >= 15 is 0 Å². The molecule has 0 unspecified atom stereocenters. The summed E-state index contributed by atoms with van der Waals surface area (Å²) in [7, 11) is 0. The van der Waals surface area contributed by atoms with Crippen molar-refractivity contribution in [2.45, 2.75) is 6.92 Å². The highest BCUT2D eigenvalue weighted by Crippen LogP contribution is 2.05. The van der Waals surface area contributed by atoms with Crippen molar-refractivity contribution >= 4 is 23.7 Å². The van der Waals surface area contributed by atoms with Crippen molar-refractivity contribution in [3.63, 3.8) is 0 Å². The monoisotopic (exact) mass is 183 g/mol. The Hall–Kier alpha value is -1.43. The van der Waals surface area contributed by atoms with Crippen LogP contribution in [-0.4, -0.2) is 16.5 Å². The summed E-state index contributed by atoms with van der Waals surface area (Å²) in [5.41, 5.74) is 11.1. The van der Waals surface area contributed by atoms with Gasteiger partial charge in [-0.1, -0.05) is 0 Å². The summed E-state index contributed by atoms with van der Waals surface area (Å²) in [4.78, 5) is 0.928. The Kier molecular flexibility index (Phi) is 2.76. The molecule has 0 aliphatic heterocycles. The van der Waals surface area contributed by atoms with Gasteiger partial charge in [-0.2, -0.15) is 9.47 Å². The lowest BCUT2D eigenvalue weighted by Gasteiger charge is -1.81. The van der Waals surface area contributed by atoms with Gasteiger partial charge in [0.05, 0.1) is 16.8 Å². The van der Waals surface area contributed by atoms with Crippen LogP contribution in [-0.2, 0) is 0 Å². The van der Waals surface area contributed by atoms with E-state index in [9.17, 15) is 0 Å². The molecule has 0 amide bonds. The second-order valence-electron chi connectivity index (χ2n) is 2.14. The highest BCUT2D eigenvalue weighted by Gasteiger charge is 1.92. The maximum Gasteiger partial charge on any atom is 0.211 e. The van der Waals surface area contributed by atoms with E-state index in [1.807, 2.05) is 13.0 Å². The van der Waals surface area contributed by atoms with Gasteiger partial charge >= 0.3 is 0 Å². The average molecular weight is 183 g/mol. The van der Waals surface area contributed by atoms with Crippen molar-refractivity contribution < 1.29 is 0 Å². The van der Waals surface area contributed by atoms with E-state index in [4.69, 9.17) is 11.5 Å². The minimum atomic E-state index is -0.0486. The number of guanidine groups is 1. The first-order valence-corrected chi connectivity index (χ1v) is 4.01. The Morgan fingerprint density at radius 1 is 1.67 bits per heavy atom. The van der Waals surface area contributed by atoms with E-state index in [-0.39, 0.29) is 5.96 Å².